The molecule has 0 saturated carbocycles. The van der Waals surface area contributed by atoms with E-state index in [-0.39, 0.29) is 17.0 Å². The molecule has 0 fully saturated rings. The number of halogens is 3. The lowest BCUT2D eigenvalue weighted by atomic mass is 10.1. The maximum atomic E-state index is 12.9. The molecule has 3 aromatic rings. The molecule has 31 heavy (non-hydrogen) atoms. The van der Waals surface area contributed by atoms with Gasteiger partial charge in [0, 0.05) is 23.4 Å². The van der Waals surface area contributed by atoms with Crippen molar-refractivity contribution in [2.45, 2.75) is 33.4 Å². The Morgan fingerprint density at radius 3 is 2.42 bits per heavy atom. The van der Waals surface area contributed by atoms with E-state index in [1.54, 1.807) is 19.9 Å². The van der Waals surface area contributed by atoms with Gasteiger partial charge in [0.15, 0.2) is 5.89 Å². The Morgan fingerprint density at radius 2 is 1.77 bits per heavy atom. The molecule has 0 radical (unpaired) electrons. The zero-order chi connectivity index (χ0) is 22.8. The van der Waals surface area contributed by atoms with Crippen molar-refractivity contribution >= 4 is 23.2 Å². The van der Waals surface area contributed by atoms with Crippen LogP contribution >= 0.6 is 0 Å². The maximum absolute atomic E-state index is 12.9. The summed E-state index contributed by atoms with van der Waals surface area (Å²) in [5.41, 5.74) is 0.825. The topological polar surface area (TPSA) is 84.2 Å². The molecule has 0 aliphatic heterocycles. The molecule has 6 nitrogen and oxygen atoms in total. The van der Waals surface area contributed by atoms with Crippen LogP contribution in [-0.4, -0.2) is 16.8 Å². The Balaban J connectivity index is 1.79. The predicted molar refractivity (Wildman–Crippen MR) is 109 cm³/mol. The second-order valence-corrected chi connectivity index (χ2v) is 6.89. The molecule has 9 heteroatoms. The van der Waals surface area contributed by atoms with E-state index in [2.05, 4.69) is 15.6 Å². The SMILES string of the molecule is CCc1nc(C)c(C(=O)Nc2cc(C(=O)Nc3cccc(C(F)(F)F)c3)ccc2C)o1. The molecule has 162 valence electrons. The highest BCUT2D eigenvalue weighted by molar-refractivity contribution is 6.07. The van der Waals surface area contributed by atoms with Crippen molar-refractivity contribution in [1.29, 1.82) is 0 Å². The quantitative estimate of drug-likeness (QED) is 0.568. The Morgan fingerprint density at radius 1 is 1.03 bits per heavy atom. The van der Waals surface area contributed by atoms with Crippen molar-refractivity contribution < 1.29 is 27.2 Å². The molecule has 0 atom stereocenters. The number of benzene rings is 2. The Kier molecular flexibility index (Phi) is 6.14. The van der Waals surface area contributed by atoms with Crippen LogP contribution in [0.4, 0.5) is 24.5 Å². The summed E-state index contributed by atoms with van der Waals surface area (Å²) < 4.78 is 44.1. The number of carbonyl (C=O) groups is 2. The van der Waals surface area contributed by atoms with Crippen molar-refractivity contribution in [2.24, 2.45) is 0 Å². The van der Waals surface area contributed by atoms with Crippen LogP contribution in [0.2, 0.25) is 0 Å². The molecule has 3 rings (SSSR count). The number of nitrogens with one attached hydrogen (secondary N) is 2. The minimum absolute atomic E-state index is 0.00960. The lowest BCUT2D eigenvalue weighted by Gasteiger charge is -2.12. The number of alkyl halides is 3. The molecule has 0 saturated heterocycles. The number of aromatic nitrogens is 1. The van der Waals surface area contributed by atoms with Gasteiger partial charge in [-0.1, -0.05) is 19.1 Å². The standard InChI is InChI=1S/C22H20F3N3O3/c1-4-18-26-13(3)19(31-18)21(30)28-17-10-14(9-8-12(17)2)20(29)27-16-7-5-6-15(11-16)22(23,24)25/h5-11H,4H2,1-3H3,(H,27,29)(H,28,30). The predicted octanol–water partition coefficient (Wildman–Crippen LogP) is 5.38. The zero-order valence-corrected chi connectivity index (χ0v) is 17.1. The molecule has 2 aromatic carbocycles. The second-order valence-electron chi connectivity index (χ2n) is 6.89. The first-order chi connectivity index (χ1) is 14.6. The highest BCUT2D eigenvalue weighted by atomic mass is 19.4. The highest BCUT2D eigenvalue weighted by Gasteiger charge is 2.30. The third kappa shape index (κ3) is 5.11. The minimum Gasteiger partial charge on any atom is -0.435 e. The third-order valence-corrected chi connectivity index (χ3v) is 4.55. The number of aryl methyl sites for hydroxylation is 3. The van der Waals surface area contributed by atoms with Crippen LogP contribution < -0.4 is 10.6 Å². The number of amides is 2. The molecular formula is C22H20F3N3O3. The van der Waals surface area contributed by atoms with Gasteiger partial charge in [-0.25, -0.2) is 4.98 Å². The van der Waals surface area contributed by atoms with Crippen LogP contribution in [0.25, 0.3) is 0 Å². The van der Waals surface area contributed by atoms with E-state index in [9.17, 15) is 22.8 Å². The van der Waals surface area contributed by atoms with Crippen molar-refractivity contribution in [3.63, 3.8) is 0 Å². The lowest BCUT2D eigenvalue weighted by molar-refractivity contribution is -0.137. The average Bonchev–Trinajstić information content (AvgIpc) is 3.10. The van der Waals surface area contributed by atoms with Gasteiger partial charge < -0.3 is 15.1 Å². The number of hydrogen-bond acceptors (Lipinski definition) is 4. The van der Waals surface area contributed by atoms with Gasteiger partial charge in [0.25, 0.3) is 11.8 Å². The summed E-state index contributed by atoms with van der Waals surface area (Å²) in [6.45, 7) is 5.25. The van der Waals surface area contributed by atoms with Crippen LogP contribution in [-0.2, 0) is 12.6 Å². The van der Waals surface area contributed by atoms with Crippen LogP contribution in [0.1, 0.15) is 50.5 Å². The van der Waals surface area contributed by atoms with Gasteiger partial charge in [-0.15, -0.1) is 0 Å². The van der Waals surface area contributed by atoms with E-state index in [1.165, 1.54) is 24.3 Å². The Labute approximate surface area is 176 Å². The number of hydrogen-bond donors (Lipinski definition) is 2. The summed E-state index contributed by atoms with van der Waals surface area (Å²) in [6, 6.07) is 8.94. The van der Waals surface area contributed by atoms with Crippen molar-refractivity contribution in [3.05, 3.63) is 76.5 Å². The van der Waals surface area contributed by atoms with E-state index >= 15 is 0 Å². The highest BCUT2D eigenvalue weighted by Crippen LogP contribution is 2.31. The van der Waals surface area contributed by atoms with E-state index in [4.69, 9.17) is 4.42 Å². The molecule has 0 unspecified atom stereocenters. The average molecular weight is 431 g/mol. The monoisotopic (exact) mass is 431 g/mol. The fraction of sp³-hybridized carbons (Fsp3) is 0.227. The molecule has 1 aromatic heterocycles. The fourth-order valence-electron chi connectivity index (χ4n) is 2.87. The number of nitrogens with zero attached hydrogens (tertiary/aromatic N) is 1. The van der Waals surface area contributed by atoms with E-state index in [0.29, 0.717) is 29.3 Å². The van der Waals surface area contributed by atoms with Gasteiger partial charge in [-0.3, -0.25) is 9.59 Å². The largest absolute Gasteiger partial charge is 0.435 e. The molecular weight excluding hydrogens is 411 g/mol. The van der Waals surface area contributed by atoms with Gasteiger partial charge in [0.1, 0.15) is 0 Å². The first-order valence-corrected chi connectivity index (χ1v) is 9.45. The second kappa shape index (κ2) is 8.63. The molecule has 2 amide bonds. The molecule has 0 bridgehead atoms. The number of anilines is 2. The van der Waals surface area contributed by atoms with E-state index < -0.39 is 23.6 Å². The van der Waals surface area contributed by atoms with Crippen molar-refractivity contribution in [3.8, 4) is 0 Å². The summed E-state index contributed by atoms with van der Waals surface area (Å²) in [6.07, 6.45) is -3.98. The van der Waals surface area contributed by atoms with Crippen LogP contribution in [0.3, 0.4) is 0 Å². The normalized spacial score (nSPS) is 11.3. The number of carbonyl (C=O) groups excluding carboxylic acids is 2. The third-order valence-electron chi connectivity index (χ3n) is 4.55. The van der Waals surface area contributed by atoms with Crippen molar-refractivity contribution in [2.75, 3.05) is 10.6 Å². The van der Waals surface area contributed by atoms with Gasteiger partial charge in [0.2, 0.25) is 5.76 Å². The van der Waals surface area contributed by atoms with Gasteiger partial charge >= 0.3 is 6.18 Å². The summed E-state index contributed by atoms with van der Waals surface area (Å²) >= 11 is 0. The lowest BCUT2D eigenvalue weighted by Crippen LogP contribution is -2.16. The van der Waals surface area contributed by atoms with Gasteiger partial charge in [-0.2, -0.15) is 13.2 Å². The Hall–Kier alpha value is -3.62. The number of rotatable bonds is 5. The fourth-order valence-corrected chi connectivity index (χ4v) is 2.87. The summed E-state index contributed by atoms with van der Waals surface area (Å²) in [7, 11) is 0. The Bertz CT molecular complexity index is 1140. The molecule has 2 N–H and O–H groups in total. The van der Waals surface area contributed by atoms with Crippen LogP contribution in [0.5, 0.6) is 0 Å². The summed E-state index contributed by atoms with van der Waals surface area (Å²) in [5.74, 6) is -0.606. The summed E-state index contributed by atoms with van der Waals surface area (Å²) in [4.78, 5) is 29.3. The van der Waals surface area contributed by atoms with Crippen molar-refractivity contribution in [1.82, 2.24) is 4.98 Å². The van der Waals surface area contributed by atoms with Gasteiger partial charge in [-0.05, 0) is 49.7 Å². The molecule has 0 spiro atoms. The first-order valence-electron chi connectivity index (χ1n) is 9.45. The molecule has 0 aliphatic carbocycles. The molecule has 0 aliphatic rings. The first kappa shape index (κ1) is 22.1. The van der Waals surface area contributed by atoms with E-state index in [0.717, 1.165) is 12.1 Å². The smallest absolute Gasteiger partial charge is 0.416 e. The van der Waals surface area contributed by atoms with Crippen LogP contribution in [0.15, 0.2) is 46.9 Å². The maximum Gasteiger partial charge on any atom is 0.416 e. The van der Waals surface area contributed by atoms with Gasteiger partial charge in [0.05, 0.1) is 11.3 Å². The molecule has 1 heterocycles. The minimum atomic E-state index is -4.52. The zero-order valence-electron chi connectivity index (χ0n) is 17.1. The van der Waals surface area contributed by atoms with E-state index in [1.807, 2.05) is 6.92 Å². The number of oxazole rings is 1. The summed E-state index contributed by atoms with van der Waals surface area (Å²) in [5, 5.41) is 5.13. The van der Waals surface area contributed by atoms with Crippen LogP contribution in [0, 0.1) is 13.8 Å².